The van der Waals surface area contributed by atoms with E-state index in [4.69, 9.17) is 4.74 Å². The zero-order chi connectivity index (χ0) is 21.0. The van der Waals surface area contributed by atoms with Gasteiger partial charge in [0.1, 0.15) is 6.04 Å². The Morgan fingerprint density at radius 2 is 2.03 bits per heavy atom. The number of allylic oxidation sites excluding steroid dienone is 2. The number of pyridine rings is 1. The Morgan fingerprint density at radius 1 is 1.23 bits per heavy atom. The minimum atomic E-state index is -0.798. The van der Waals surface area contributed by atoms with E-state index < -0.39 is 17.9 Å². The maximum Gasteiger partial charge on any atom is 0.328 e. The number of esters is 1. The van der Waals surface area contributed by atoms with Crippen molar-refractivity contribution in [3.05, 3.63) is 39.8 Å². The molecule has 1 aromatic heterocycles. The molecule has 160 valence electrons. The van der Waals surface area contributed by atoms with Crippen molar-refractivity contribution in [1.82, 2.24) is 9.47 Å². The molecule has 1 amide bonds. The fraction of sp³-hybridized carbons (Fsp3) is 0.609. The highest BCUT2D eigenvalue weighted by Crippen LogP contribution is 2.51. The second kappa shape index (κ2) is 7.38. The lowest BCUT2D eigenvalue weighted by atomic mass is 9.88. The molecule has 4 atom stereocenters. The van der Waals surface area contributed by atoms with Crippen molar-refractivity contribution in [2.45, 2.75) is 57.2 Å². The quantitative estimate of drug-likeness (QED) is 0.763. The van der Waals surface area contributed by atoms with E-state index in [9.17, 15) is 19.5 Å². The van der Waals surface area contributed by atoms with Crippen LogP contribution in [0.25, 0.3) is 5.57 Å². The van der Waals surface area contributed by atoms with Gasteiger partial charge in [-0.1, -0.05) is 6.08 Å². The molecule has 0 unspecified atom stereocenters. The van der Waals surface area contributed by atoms with Crippen LogP contribution in [0.3, 0.4) is 0 Å². The predicted molar refractivity (Wildman–Crippen MR) is 109 cm³/mol. The molecule has 1 saturated carbocycles. The molecule has 0 spiro atoms. The van der Waals surface area contributed by atoms with E-state index in [0.29, 0.717) is 6.54 Å². The molecule has 2 aliphatic heterocycles. The zero-order valence-electron chi connectivity index (χ0n) is 17.3. The van der Waals surface area contributed by atoms with Gasteiger partial charge in [-0.3, -0.25) is 9.59 Å². The molecule has 7 heteroatoms. The minimum absolute atomic E-state index is 0.0276. The molecule has 0 bridgehead atoms. The number of rotatable bonds is 4. The molecule has 1 aromatic rings. The second-order valence-corrected chi connectivity index (χ2v) is 9.01. The number of hydrogen-bond acceptors (Lipinski definition) is 5. The SMILES string of the molecule is COC(=O)[C@H]1[C@H](CO)[C@H]2Cn3c(ccc(C4=CCCCC4)c3=O)[C@H]2N1C(=O)C1CC1. The monoisotopic (exact) mass is 412 g/mol. The van der Waals surface area contributed by atoms with Crippen LogP contribution in [-0.4, -0.2) is 46.2 Å². The van der Waals surface area contributed by atoms with Crippen molar-refractivity contribution in [3.8, 4) is 0 Å². The summed E-state index contributed by atoms with van der Waals surface area (Å²) in [5.74, 6) is -1.23. The Hall–Kier alpha value is -2.41. The number of aliphatic hydroxyl groups is 1. The maximum absolute atomic E-state index is 13.3. The molecule has 2 fully saturated rings. The summed E-state index contributed by atoms with van der Waals surface area (Å²) < 4.78 is 6.77. The van der Waals surface area contributed by atoms with Gasteiger partial charge >= 0.3 is 5.97 Å². The number of carbonyl (C=O) groups excluding carboxylic acids is 2. The van der Waals surface area contributed by atoms with Gasteiger partial charge in [0.15, 0.2) is 0 Å². The molecular formula is C23H28N2O5. The normalized spacial score (nSPS) is 29.9. The van der Waals surface area contributed by atoms with Crippen molar-refractivity contribution in [2.75, 3.05) is 13.7 Å². The van der Waals surface area contributed by atoms with Crippen molar-refractivity contribution in [1.29, 1.82) is 0 Å². The summed E-state index contributed by atoms with van der Waals surface area (Å²) >= 11 is 0. The number of fused-ring (bicyclic) bond motifs is 3. The number of likely N-dealkylation sites (tertiary alicyclic amines) is 1. The van der Waals surface area contributed by atoms with Crippen LogP contribution in [-0.2, 0) is 20.9 Å². The molecule has 4 aliphatic rings. The highest BCUT2D eigenvalue weighted by atomic mass is 16.5. The lowest BCUT2D eigenvalue weighted by molar-refractivity contribution is -0.154. The lowest BCUT2D eigenvalue weighted by Gasteiger charge is -2.30. The average molecular weight is 412 g/mol. The van der Waals surface area contributed by atoms with Crippen LogP contribution in [0, 0.1) is 17.8 Å². The molecule has 0 aromatic carbocycles. The van der Waals surface area contributed by atoms with Crippen LogP contribution in [0.1, 0.15) is 55.8 Å². The Kier molecular flexibility index (Phi) is 4.81. The van der Waals surface area contributed by atoms with Crippen LogP contribution < -0.4 is 5.56 Å². The van der Waals surface area contributed by atoms with Gasteiger partial charge in [-0.2, -0.15) is 0 Å². The molecule has 0 radical (unpaired) electrons. The first-order valence-electron chi connectivity index (χ1n) is 11.0. The number of aromatic nitrogens is 1. The first-order chi connectivity index (χ1) is 14.6. The summed E-state index contributed by atoms with van der Waals surface area (Å²) in [5, 5.41) is 10.1. The third-order valence-electron chi connectivity index (χ3n) is 7.34. The number of hydrogen-bond donors (Lipinski definition) is 1. The first-order valence-corrected chi connectivity index (χ1v) is 11.0. The van der Waals surface area contributed by atoms with E-state index in [2.05, 4.69) is 6.08 Å². The van der Waals surface area contributed by atoms with E-state index in [1.54, 1.807) is 9.47 Å². The van der Waals surface area contributed by atoms with E-state index in [1.807, 2.05) is 12.1 Å². The van der Waals surface area contributed by atoms with Crippen LogP contribution in [0.15, 0.2) is 23.0 Å². The van der Waals surface area contributed by atoms with Gasteiger partial charge in [0, 0.05) is 42.2 Å². The summed E-state index contributed by atoms with van der Waals surface area (Å²) in [5.41, 5.74) is 2.59. The van der Waals surface area contributed by atoms with Crippen molar-refractivity contribution >= 4 is 17.4 Å². The fourth-order valence-corrected chi connectivity index (χ4v) is 5.69. The number of ether oxygens (including phenoxy) is 1. The second-order valence-electron chi connectivity index (χ2n) is 9.01. The van der Waals surface area contributed by atoms with Crippen molar-refractivity contribution in [2.24, 2.45) is 17.8 Å². The Labute approximate surface area is 175 Å². The molecule has 5 rings (SSSR count). The maximum atomic E-state index is 13.3. The van der Waals surface area contributed by atoms with Crippen LogP contribution in [0.2, 0.25) is 0 Å². The molecular weight excluding hydrogens is 384 g/mol. The number of aliphatic hydroxyl groups excluding tert-OH is 1. The van der Waals surface area contributed by atoms with E-state index >= 15 is 0 Å². The Balaban J connectivity index is 1.59. The van der Waals surface area contributed by atoms with Gasteiger partial charge in [-0.15, -0.1) is 0 Å². The van der Waals surface area contributed by atoms with E-state index in [0.717, 1.165) is 55.4 Å². The van der Waals surface area contributed by atoms with Gasteiger partial charge in [0.2, 0.25) is 5.91 Å². The average Bonchev–Trinajstić information content (AvgIpc) is 3.48. The van der Waals surface area contributed by atoms with Crippen LogP contribution in [0.4, 0.5) is 0 Å². The van der Waals surface area contributed by atoms with Gasteiger partial charge in [0.05, 0.1) is 13.2 Å². The summed E-state index contributed by atoms with van der Waals surface area (Å²) in [7, 11) is 1.31. The zero-order valence-corrected chi connectivity index (χ0v) is 17.3. The third-order valence-corrected chi connectivity index (χ3v) is 7.34. The number of nitrogens with zero attached hydrogens (tertiary/aromatic N) is 2. The molecule has 3 heterocycles. The topological polar surface area (TPSA) is 88.8 Å². The van der Waals surface area contributed by atoms with Crippen LogP contribution in [0.5, 0.6) is 0 Å². The highest BCUT2D eigenvalue weighted by molar-refractivity contribution is 5.88. The molecule has 2 aliphatic carbocycles. The Morgan fingerprint density at radius 3 is 2.67 bits per heavy atom. The summed E-state index contributed by atoms with van der Waals surface area (Å²) in [6.45, 7) is 0.184. The summed E-state index contributed by atoms with van der Waals surface area (Å²) in [6, 6.07) is 2.65. The minimum Gasteiger partial charge on any atom is -0.467 e. The van der Waals surface area contributed by atoms with Crippen molar-refractivity contribution in [3.63, 3.8) is 0 Å². The van der Waals surface area contributed by atoms with Crippen LogP contribution >= 0.6 is 0 Å². The predicted octanol–water partition coefficient (Wildman–Crippen LogP) is 1.88. The van der Waals surface area contributed by atoms with Gasteiger partial charge in [-0.05, 0) is 56.2 Å². The smallest absolute Gasteiger partial charge is 0.328 e. The van der Waals surface area contributed by atoms with Gasteiger partial charge in [-0.25, -0.2) is 4.79 Å². The van der Waals surface area contributed by atoms with E-state index in [-0.39, 0.29) is 36.0 Å². The number of methoxy groups -OCH3 is 1. The lowest BCUT2D eigenvalue weighted by Crippen LogP contribution is -2.47. The van der Waals surface area contributed by atoms with E-state index in [1.165, 1.54) is 7.11 Å². The Bertz CT molecular complexity index is 976. The van der Waals surface area contributed by atoms with Gasteiger partial charge in [0.25, 0.3) is 5.56 Å². The number of carbonyl (C=O) groups is 2. The first kappa shape index (κ1) is 19.5. The largest absolute Gasteiger partial charge is 0.467 e. The fourth-order valence-electron chi connectivity index (χ4n) is 5.69. The third kappa shape index (κ3) is 2.86. The van der Waals surface area contributed by atoms with Gasteiger partial charge < -0.3 is 19.3 Å². The molecule has 1 N–H and O–H groups in total. The highest BCUT2D eigenvalue weighted by Gasteiger charge is 2.59. The molecule has 7 nitrogen and oxygen atoms in total. The number of amides is 1. The molecule has 30 heavy (non-hydrogen) atoms. The standard InChI is InChI=1S/C23H28N2O5/c1-30-23(29)20-17(12-26)16-11-24-18(19(16)25(20)21(27)14-7-8-14)10-9-15(22(24)28)13-5-3-2-4-6-13/h5,9-10,14,16-17,19-20,26H,2-4,6-8,11-12H2,1H3/t16-,17-,19+,20-/m1/s1. The van der Waals surface area contributed by atoms with Crippen molar-refractivity contribution < 1.29 is 19.4 Å². The molecule has 1 saturated heterocycles. The summed E-state index contributed by atoms with van der Waals surface area (Å²) in [6.07, 6.45) is 7.97. The summed E-state index contributed by atoms with van der Waals surface area (Å²) in [4.78, 5) is 40.8.